The van der Waals surface area contributed by atoms with Crippen LogP contribution in [-0.4, -0.2) is 24.4 Å². The van der Waals surface area contributed by atoms with Crippen LogP contribution in [0.15, 0.2) is 17.5 Å². The molecule has 0 aliphatic heterocycles. The van der Waals surface area contributed by atoms with Crippen LogP contribution >= 0.6 is 23.7 Å². The molecule has 5 nitrogen and oxygen atoms in total. The Bertz CT molecular complexity index is 396. The van der Waals surface area contributed by atoms with Gasteiger partial charge in [0.05, 0.1) is 19.1 Å². The van der Waals surface area contributed by atoms with Gasteiger partial charge in [0.1, 0.15) is 0 Å². The van der Waals surface area contributed by atoms with Crippen molar-refractivity contribution in [3.8, 4) is 0 Å². The number of rotatable bonds is 6. The topological polar surface area (TPSA) is 84.2 Å². The van der Waals surface area contributed by atoms with Crippen molar-refractivity contribution in [1.82, 2.24) is 10.6 Å². The third-order valence-corrected chi connectivity index (χ3v) is 3.36. The van der Waals surface area contributed by atoms with E-state index in [0.717, 1.165) is 4.88 Å². The van der Waals surface area contributed by atoms with Gasteiger partial charge in [-0.05, 0) is 17.4 Å². The molecule has 0 radical (unpaired) electrons. The zero-order valence-corrected chi connectivity index (χ0v) is 12.6. The summed E-state index contributed by atoms with van der Waals surface area (Å²) >= 11 is 1.58. The van der Waals surface area contributed by atoms with Crippen molar-refractivity contribution in [3.63, 3.8) is 0 Å². The van der Waals surface area contributed by atoms with Crippen molar-refractivity contribution in [2.24, 2.45) is 11.7 Å². The molecule has 0 saturated heterocycles. The van der Waals surface area contributed by atoms with E-state index in [2.05, 4.69) is 10.6 Å². The van der Waals surface area contributed by atoms with Crippen LogP contribution in [0.2, 0.25) is 0 Å². The summed E-state index contributed by atoms with van der Waals surface area (Å²) in [6.45, 7) is 4.18. The predicted octanol–water partition coefficient (Wildman–Crippen LogP) is 0.886. The molecule has 1 heterocycles. The fourth-order valence-electron chi connectivity index (χ4n) is 1.25. The van der Waals surface area contributed by atoms with Gasteiger partial charge in [0.15, 0.2) is 0 Å². The van der Waals surface area contributed by atoms with Gasteiger partial charge < -0.3 is 16.4 Å². The molecule has 0 aliphatic carbocycles. The van der Waals surface area contributed by atoms with E-state index in [-0.39, 0.29) is 36.7 Å². The maximum atomic E-state index is 11.5. The first-order chi connectivity index (χ1) is 8.50. The van der Waals surface area contributed by atoms with Crippen molar-refractivity contribution in [2.45, 2.75) is 26.4 Å². The van der Waals surface area contributed by atoms with E-state index in [9.17, 15) is 9.59 Å². The maximum absolute atomic E-state index is 11.5. The normalized spacial score (nSPS) is 11.6. The number of halogens is 1. The van der Waals surface area contributed by atoms with Gasteiger partial charge in [-0.2, -0.15) is 0 Å². The van der Waals surface area contributed by atoms with Crippen molar-refractivity contribution >= 4 is 35.6 Å². The molecule has 1 aromatic heterocycles. The highest BCUT2D eigenvalue weighted by atomic mass is 35.5. The molecule has 19 heavy (non-hydrogen) atoms. The fraction of sp³-hybridized carbons (Fsp3) is 0.500. The first-order valence-electron chi connectivity index (χ1n) is 5.83. The second kappa shape index (κ2) is 8.90. The Morgan fingerprint density at radius 3 is 2.58 bits per heavy atom. The van der Waals surface area contributed by atoms with Gasteiger partial charge >= 0.3 is 0 Å². The minimum absolute atomic E-state index is 0. The number of nitrogens with one attached hydrogen (secondary N) is 2. The zero-order chi connectivity index (χ0) is 13.5. The van der Waals surface area contributed by atoms with Crippen molar-refractivity contribution in [1.29, 1.82) is 0 Å². The first-order valence-corrected chi connectivity index (χ1v) is 6.71. The Balaban J connectivity index is 0.00000324. The average molecular weight is 306 g/mol. The molecule has 0 fully saturated rings. The van der Waals surface area contributed by atoms with E-state index in [1.54, 1.807) is 11.3 Å². The monoisotopic (exact) mass is 305 g/mol. The highest BCUT2D eigenvalue weighted by Gasteiger charge is 2.17. The van der Waals surface area contributed by atoms with E-state index in [1.807, 2.05) is 31.4 Å². The summed E-state index contributed by atoms with van der Waals surface area (Å²) in [6, 6.07) is 3.29. The fourth-order valence-corrected chi connectivity index (χ4v) is 1.89. The number of hydrogen-bond donors (Lipinski definition) is 3. The van der Waals surface area contributed by atoms with Crippen molar-refractivity contribution in [3.05, 3.63) is 22.4 Å². The number of carbonyl (C=O) groups is 2. The molecule has 1 aromatic rings. The second-order valence-electron chi connectivity index (χ2n) is 4.34. The molecule has 0 aromatic carbocycles. The van der Waals surface area contributed by atoms with E-state index < -0.39 is 6.04 Å². The molecular weight excluding hydrogens is 286 g/mol. The highest BCUT2D eigenvalue weighted by Crippen LogP contribution is 2.06. The minimum atomic E-state index is -0.574. The molecule has 0 saturated carbocycles. The quantitative estimate of drug-likeness (QED) is 0.729. The maximum Gasteiger partial charge on any atom is 0.239 e. The Labute approximate surface area is 123 Å². The zero-order valence-electron chi connectivity index (χ0n) is 11.0. The Kier molecular flexibility index (Phi) is 8.38. The lowest BCUT2D eigenvalue weighted by Crippen LogP contribution is -2.47. The molecule has 108 valence electrons. The van der Waals surface area contributed by atoms with Gasteiger partial charge in [0.25, 0.3) is 0 Å². The van der Waals surface area contributed by atoms with Crippen LogP contribution in [0.4, 0.5) is 0 Å². The molecule has 4 N–H and O–H groups in total. The molecule has 0 unspecified atom stereocenters. The predicted molar refractivity (Wildman–Crippen MR) is 79.2 cm³/mol. The highest BCUT2D eigenvalue weighted by molar-refractivity contribution is 7.09. The van der Waals surface area contributed by atoms with Gasteiger partial charge in [-0.25, -0.2) is 0 Å². The summed E-state index contributed by atoms with van der Waals surface area (Å²) in [7, 11) is 0. The molecule has 7 heteroatoms. The third-order valence-electron chi connectivity index (χ3n) is 2.48. The van der Waals surface area contributed by atoms with Crippen LogP contribution in [0.1, 0.15) is 18.7 Å². The molecule has 1 rings (SSSR count). The van der Waals surface area contributed by atoms with Gasteiger partial charge in [0.2, 0.25) is 11.8 Å². The summed E-state index contributed by atoms with van der Waals surface area (Å²) < 4.78 is 0. The van der Waals surface area contributed by atoms with Crippen molar-refractivity contribution < 1.29 is 9.59 Å². The molecule has 0 spiro atoms. The lowest BCUT2D eigenvalue weighted by molar-refractivity contribution is -0.127. The van der Waals surface area contributed by atoms with Gasteiger partial charge in [-0.15, -0.1) is 23.7 Å². The van der Waals surface area contributed by atoms with E-state index in [1.165, 1.54) is 0 Å². The van der Waals surface area contributed by atoms with E-state index in [0.29, 0.717) is 6.54 Å². The number of hydrogen-bond acceptors (Lipinski definition) is 4. The molecule has 2 amide bonds. The number of amides is 2. The molecular formula is C12H20ClN3O2S. The Morgan fingerprint density at radius 1 is 1.37 bits per heavy atom. The molecule has 1 atom stereocenters. The number of nitrogens with two attached hydrogens (primary N) is 1. The molecule has 0 bridgehead atoms. The SMILES string of the molecule is CC(C)[C@H](N)C(=O)NCC(=O)NCc1cccs1.Cl. The third kappa shape index (κ3) is 6.56. The summed E-state index contributed by atoms with van der Waals surface area (Å²) in [4.78, 5) is 24.1. The van der Waals surface area contributed by atoms with Crippen LogP contribution < -0.4 is 16.4 Å². The van der Waals surface area contributed by atoms with Crippen LogP contribution in [0.5, 0.6) is 0 Å². The van der Waals surface area contributed by atoms with E-state index >= 15 is 0 Å². The standard InChI is InChI=1S/C12H19N3O2S.ClH/c1-8(2)11(13)12(17)15-7-10(16)14-6-9-4-3-5-18-9;/h3-5,8,11H,6-7,13H2,1-2H3,(H,14,16)(H,15,17);1H/t11-;/m0./s1. The number of carbonyl (C=O) groups excluding carboxylic acids is 2. The van der Waals surface area contributed by atoms with Crippen LogP contribution in [-0.2, 0) is 16.1 Å². The summed E-state index contributed by atoms with van der Waals surface area (Å²) in [5.41, 5.74) is 5.66. The minimum Gasteiger partial charge on any atom is -0.350 e. The molecule has 0 aliphatic rings. The first kappa shape index (κ1) is 17.9. The smallest absolute Gasteiger partial charge is 0.239 e. The summed E-state index contributed by atoms with van der Waals surface area (Å²) in [5, 5.41) is 7.19. The largest absolute Gasteiger partial charge is 0.350 e. The lowest BCUT2D eigenvalue weighted by Gasteiger charge is -2.15. The van der Waals surface area contributed by atoms with Crippen LogP contribution in [0, 0.1) is 5.92 Å². The van der Waals surface area contributed by atoms with Crippen LogP contribution in [0.3, 0.4) is 0 Å². The summed E-state index contributed by atoms with van der Waals surface area (Å²) in [6.07, 6.45) is 0. The number of thiophene rings is 1. The van der Waals surface area contributed by atoms with Gasteiger partial charge in [-0.3, -0.25) is 9.59 Å². The van der Waals surface area contributed by atoms with E-state index in [4.69, 9.17) is 5.73 Å². The van der Waals surface area contributed by atoms with Gasteiger partial charge in [-0.1, -0.05) is 19.9 Å². The van der Waals surface area contributed by atoms with Crippen LogP contribution in [0.25, 0.3) is 0 Å². The Morgan fingerprint density at radius 2 is 2.05 bits per heavy atom. The average Bonchev–Trinajstić information content (AvgIpc) is 2.85. The second-order valence-corrected chi connectivity index (χ2v) is 5.38. The van der Waals surface area contributed by atoms with Gasteiger partial charge in [0, 0.05) is 4.88 Å². The Hall–Kier alpha value is -1.11. The lowest BCUT2D eigenvalue weighted by atomic mass is 10.1. The van der Waals surface area contributed by atoms with Crippen molar-refractivity contribution in [2.75, 3.05) is 6.54 Å². The summed E-state index contributed by atoms with van der Waals surface area (Å²) in [5.74, 6) is -0.455.